The molecule has 1 N–H and O–H groups in total. The second-order valence-electron chi connectivity index (χ2n) is 4.74. The minimum atomic E-state index is -0.0481. The van der Waals surface area contributed by atoms with E-state index in [-0.39, 0.29) is 11.6 Å². The fraction of sp³-hybridized carbons (Fsp3) is 0.667. The van der Waals surface area contributed by atoms with E-state index in [1.807, 2.05) is 13.8 Å². The van der Waals surface area contributed by atoms with Gasteiger partial charge in [0.05, 0.1) is 0 Å². The van der Waals surface area contributed by atoms with Crippen LogP contribution in [0.3, 0.4) is 0 Å². The maximum atomic E-state index is 12.1. The van der Waals surface area contributed by atoms with Gasteiger partial charge in [-0.3, -0.25) is 10.2 Å². The second-order valence-corrected chi connectivity index (χ2v) is 4.74. The molecule has 5 nitrogen and oxygen atoms in total. The number of rotatable bonds is 3. The lowest BCUT2D eigenvalue weighted by molar-refractivity contribution is 0.271. The predicted octanol–water partition coefficient (Wildman–Crippen LogP) is 1.64. The first-order valence-corrected chi connectivity index (χ1v) is 6.27. The molecule has 94 valence electrons. The third kappa shape index (κ3) is 2.85. The van der Waals surface area contributed by atoms with E-state index in [1.54, 1.807) is 17.0 Å². The molecule has 0 spiro atoms. The van der Waals surface area contributed by atoms with Crippen molar-refractivity contribution in [3.05, 3.63) is 22.7 Å². The van der Waals surface area contributed by atoms with Crippen LogP contribution in [0.15, 0.2) is 17.2 Å². The second kappa shape index (κ2) is 5.31. The summed E-state index contributed by atoms with van der Waals surface area (Å²) in [5.74, 6) is 0.433. The first-order chi connectivity index (χ1) is 8.18. The molecule has 2 rings (SSSR count). The van der Waals surface area contributed by atoms with Crippen LogP contribution < -0.4 is 11.0 Å². The number of nitrogens with zero attached hydrogens (tertiary/aromatic N) is 3. The Labute approximate surface area is 101 Å². The van der Waals surface area contributed by atoms with Gasteiger partial charge in [-0.15, -0.1) is 0 Å². The van der Waals surface area contributed by atoms with Crippen LogP contribution in [0.25, 0.3) is 0 Å². The van der Waals surface area contributed by atoms with Crippen molar-refractivity contribution in [2.75, 3.05) is 18.5 Å². The maximum Gasteiger partial charge on any atom is 0.294 e. The molecule has 0 atom stereocenters. The highest BCUT2D eigenvalue weighted by atomic mass is 16.1. The van der Waals surface area contributed by atoms with Crippen LogP contribution in [0.1, 0.15) is 39.2 Å². The van der Waals surface area contributed by atoms with Gasteiger partial charge in [-0.25, -0.2) is 9.99 Å². The molecule has 1 aliphatic heterocycles. The van der Waals surface area contributed by atoms with E-state index in [1.165, 1.54) is 19.3 Å². The van der Waals surface area contributed by atoms with Gasteiger partial charge in [0, 0.05) is 31.5 Å². The molecule has 1 saturated heterocycles. The van der Waals surface area contributed by atoms with Crippen LogP contribution in [0.4, 0.5) is 5.82 Å². The van der Waals surface area contributed by atoms with Crippen LogP contribution in [-0.2, 0) is 0 Å². The van der Waals surface area contributed by atoms with Crippen LogP contribution in [0.5, 0.6) is 0 Å². The number of hydrogen-bond donors (Lipinski definition) is 1. The van der Waals surface area contributed by atoms with Gasteiger partial charge in [-0.1, -0.05) is 6.42 Å². The van der Waals surface area contributed by atoms with Gasteiger partial charge in [-0.2, -0.15) is 0 Å². The molecule has 0 unspecified atom stereocenters. The van der Waals surface area contributed by atoms with Crippen molar-refractivity contribution in [3.8, 4) is 0 Å². The molecular formula is C12H20N4O. The smallest absolute Gasteiger partial charge is 0.294 e. The maximum absolute atomic E-state index is 12.1. The van der Waals surface area contributed by atoms with Crippen molar-refractivity contribution in [2.24, 2.45) is 0 Å². The molecule has 0 bridgehead atoms. The first-order valence-electron chi connectivity index (χ1n) is 6.27. The molecule has 0 aromatic carbocycles. The molecule has 17 heavy (non-hydrogen) atoms. The molecule has 0 aliphatic carbocycles. The lowest BCUT2D eigenvalue weighted by Gasteiger charge is -2.27. The summed E-state index contributed by atoms with van der Waals surface area (Å²) in [4.78, 5) is 16.2. The Morgan fingerprint density at radius 1 is 1.29 bits per heavy atom. The molecule has 1 aromatic rings. The summed E-state index contributed by atoms with van der Waals surface area (Å²) in [6.45, 7) is 5.95. The van der Waals surface area contributed by atoms with Gasteiger partial charge in [0.1, 0.15) is 0 Å². The summed E-state index contributed by atoms with van der Waals surface area (Å²) in [5.41, 5.74) is 3.09. The van der Waals surface area contributed by atoms with Crippen LogP contribution in [0.2, 0.25) is 0 Å². The van der Waals surface area contributed by atoms with Gasteiger partial charge in [0.2, 0.25) is 5.82 Å². The Morgan fingerprint density at radius 2 is 2.00 bits per heavy atom. The Bertz CT molecular complexity index is 421. The average molecular weight is 236 g/mol. The number of hydrogen-bond acceptors (Lipinski definition) is 4. The van der Waals surface area contributed by atoms with Crippen LogP contribution in [0, 0.1) is 0 Å². The number of hydrazine groups is 1. The summed E-state index contributed by atoms with van der Waals surface area (Å²) >= 11 is 0. The summed E-state index contributed by atoms with van der Waals surface area (Å²) in [6, 6.07) is 0.160. The fourth-order valence-corrected chi connectivity index (χ4v) is 2.06. The van der Waals surface area contributed by atoms with Gasteiger partial charge < -0.3 is 4.57 Å². The molecular weight excluding hydrogens is 216 g/mol. The van der Waals surface area contributed by atoms with Gasteiger partial charge in [-0.05, 0) is 26.7 Å². The molecule has 0 saturated carbocycles. The normalized spacial score (nSPS) is 17.4. The molecule has 5 heteroatoms. The largest absolute Gasteiger partial charge is 0.308 e. The van der Waals surface area contributed by atoms with E-state index in [0.717, 1.165) is 13.1 Å². The summed E-state index contributed by atoms with van der Waals surface area (Å²) in [5, 5.41) is 2.08. The molecule has 0 radical (unpaired) electrons. The van der Waals surface area contributed by atoms with E-state index < -0.39 is 0 Å². The monoisotopic (exact) mass is 236 g/mol. The Hall–Kier alpha value is -1.36. The molecule has 2 heterocycles. The Kier molecular flexibility index (Phi) is 3.78. The zero-order valence-electron chi connectivity index (χ0n) is 10.5. The number of aromatic nitrogens is 2. The van der Waals surface area contributed by atoms with Crippen molar-refractivity contribution in [2.45, 2.75) is 39.2 Å². The van der Waals surface area contributed by atoms with Crippen LogP contribution >= 0.6 is 0 Å². The van der Waals surface area contributed by atoms with E-state index >= 15 is 0 Å². The summed E-state index contributed by atoms with van der Waals surface area (Å²) < 4.78 is 1.69. The Balaban J connectivity index is 2.15. The molecule has 1 fully saturated rings. The van der Waals surface area contributed by atoms with Gasteiger partial charge in [0.15, 0.2) is 0 Å². The minimum absolute atomic E-state index is 0.0481. The van der Waals surface area contributed by atoms with Crippen molar-refractivity contribution in [1.29, 1.82) is 0 Å². The number of anilines is 1. The lowest BCUT2D eigenvalue weighted by Crippen LogP contribution is -2.38. The van der Waals surface area contributed by atoms with E-state index in [9.17, 15) is 4.79 Å². The molecule has 1 aromatic heterocycles. The zero-order valence-corrected chi connectivity index (χ0v) is 10.5. The highest BCUT2D eigenvalue weighted by Crippen LogP contribution is 2.09. The molecule has 1 aliphatic rings. The average Bonchev–Trinajstić information content (AvgIpc) is 2.33. The lowest BCUT2D eigenvalue weighted by atomic mass is 10.2. The third-order valence-electron chi connectivity index (χ3n) is 3.04. The highest BCUT2D eigenvalue weighted by Gasteiger charge is 2.13. The SMILES string of the molecule is CC(C)n1ccnc(NN2CCCCC2)c1=O. The van der Waals surface area contributed by atoms with Crippen molar-refractivity contribution < 1.29 is 0 Å². The van der Waals surface area contributed by atoms with E-state index in [0.29, 0.717) is 5.82 Å². The van der Waals surface area contributed by atoms with Crippen molar-refractivity contribution in [3.63, 3.8) is 0 Å². The van der Waals surface area contributed by atoms with Gasteiger partial charge >= 0.3 is 0 Å². The predicted molar refractivity (Wildman–Crippen MR) is 67.9 cm³/mol. The van der Waals surface area contributed by atoms with Crippen molar-refractivity contribution in [1.82, 2.24) is 14.6 Å². The quantitative estimate of drug-likeness (QED) is 0.866. The van der Waals surface area contributed by atoms with Crippen molar-refractivity contribution >= 4 is 5.82 Å². The summed E-state index contributed by atoms with van der Waals surface area (Å²) in [6.07, 6.45) is 7.04. The molecule has 0 amide bonds. The number of nitrogens with one attached hydrogen (secondary N) is 1. The minimum Gasteiger partial charge on any atom is -0.308 e. The van der Waals surface area contributed by atoms with E-state index in [2.05, 4.69) is 15.4 Å². The topological polar surface area (TPSA) is 50.2 Å². The van der Waals surface area contributed by atoms with Crippen LogP contribution in [-0.4, -0.2) is 27.6 Å². The zero-order chi connectivity index (χ0) is 12.3. The Morgan fingerprint density at radius 3 is 2.65 bits per heavy atom. The van der Waals surface area contributed by atoms with Gasteiger partial charge in [0.25, 0.3) is 5.56 Å². The summed E-state index contributed by atoms with van der Waals surface area (Å²) in [7, 11) is 0. The van der Waals surface area contributed by atoms with E-state index in [4.69, 9.17) is 0 Å². The fourth-order valence-electron chi connectivity index (χ4n) is 2.06. The highest BCUT2D eigenvalue weighted by molar-refractivity contribution is 5.29. The first kappa shape index (κ1) is 12.1. The third-order valence-corrected chi connectivity index (χ3v) is 3.04. The number of piperidine rings is 1. The standard InChI is InChI=1S/C12H20N4O/c1-10(2)16-9-6-13-11(12(16)17)14-15-7-4-3-5-8-15/h6,9-10H,3-5,7-8H2,1-2H3,(H,13,14).